The molecule has 0 spiro atoms. The van der Waals surface area contributed by atoms with Crippen molar-refractivity contribution < 1.29 is 15.1 Å². The average Bonchev–Trinajstić information content (AvgIpc) is 2.57. The van der Waals surface area contributed by atoms with Gasteiger partial charge in [-0.2, -0.15) is 0 Å². The lowest BCUT2D eigenvalue weighted by atomic mass is 10.1. The highest BCUT2D eigenvalue weighted by atomic mass is 16.6. The maximum absolute atomic E-state index is 10.8. The minimum absolute atomic E-state index is 0.0413. The molecule has 7 nitrogen and oxygen atoms in total. The fourth-order valence-electron chi connectivity index (χ4n) is 2.34. The molecule has 0 saturated heterocycles. The first kappa shape index (κ1) is 17.3. The second-order valence-corrected chi connectivity index (χ2v) is 5.08. The molecule has 2 N–H and O–H groups in total. The number of hydrogen-bond donors (Lipinski definition) is 2. The number of phenols is 2. The largest absolute Gasteiger partial charge is 0.507 e. The zero-order chi connectivity index (χ0) is 17.7. The van der Waals surface area contributed by atoms with Gasteiger partial charge in [-0.25, -0.2) is 0 Å². The Bertz CT molecular complexity index is 770. The van der Waals surface area contributed by atoms with Crippen molar-refractivity contribution in [2.75, 3.05) is 18.0 Å². The van der Waals surface area contributed by atoms with E-state index in [2.05, 4.69) is 9.89 Å². The normalized spacial score (nSPS) is 10.9. The van der Waals surface area contributed by atoms with Crippen molar-refractivity contribution in [1.29, 1.82) is 0 Å². The number of anilines is 1. The molecule has 7 heteroatoms. The molecule has 0 fully saturated rings. The molecule has 0 aliphatic heterocycles. The Kier molecular flexibility index (Phi) is 5.36. The molecule has 0 aliphatic rings. The molecular weight excluding hydrogens is 310 g/mol. The van der Waals surface area contributed by atoms with E-state index in [9.17, 15) is 20.3 Å². The molecule has 0 aliphatic carbocycles. The summed E-state index contributed by atoms with van der Waals surface area (Å²) in [7, 11) is 0. The van der Waals surface area contributed by atoms with E-state index in [0.717, 1.165) is 18.8 Å². The van der Waals surface area contributed by atoms with Crippen LogP contribution in [0.5, 0.6) is 11.5 Å². The van der Waals surface area contributed by atoms with Gasteiger partial charge in [0.15, 0.2) is 0 Å². The van der Waals surface area contributed by atoms with Crippen molar-refractivity contribution in [3.8, 4) is 11.5 Å². The van der Waals surface area contributed by atoms with Crippen LogP contribution in [0.1, 0.15) is 19.4 Å². The topological polar surface area (TPSA) is 99.2 Å². The molecule has 0 heterocycles. The lowest BCUT2D eigenvalue weighted by Gasteiger charge is -2.21. The van der Waals surface area contributed by atoms with Gasteiger partial charge in [0.2, 0.25) is 5.75 Å². The molecule has 0 radical (unpaired) electrons. The second-order valence-electron chi connectivity index (χ2n) is 5.08. The van der Waals surface area contributed by atoms with Crippen LogP contribution >= 0.6 is 0 Å². The Morgan fingerprint density at radius 3 is 2.54 bits per heavy atom. The molecule has 2 aromatic rings. The third-order valence-electron chi connectivity index (χ3n) is 3.67. The van der Waals surface area contributed by atoms with E-state index < -0.39 is 16.4 Å². The molecule has 0 bridgehead atoms. The third-order valence-corrected chi connectivity index (χ3v) is 3.67. The Hall–Kier alpha value is -3.09. The molecule has 0 amide bonds. The zero-order valence-corrected chi connectivity index (χ0v) is 13.5. The number of benzene rings is 2. The van der Waals surface area contributed by atoms with E-state index in [1.807, 2.05) is 19.9 Å². The Balaban J connectivity index is 2.37. The zero-order valence-electron chi connectivity index (χ0n) is 13.5. The van der Waals surface area contributed by atoms with E-state index in [1.54, 1.807) is 12.1 Å². The predicted molar refractivity (Wildman–Crippen MR) is 93.7 cm³/mol. The highest BCUT2D eigenvalue weighted by molar-refractivity contribution is 5.87. The number of hydrogen-bond acceptors (Lipinski definition) is 6. The molecule has 2 aromatic carbocycles. The van der Waals surface area contributed by atoms with Crippen molar-refractivity contribution in [2.45, 2.75) is 13.8 Å². The first-order valence-electron chi connectivity index (χ1n) is 7.56. The smallest absolute Gasteiger partial charge is 0.313 e. The lowest BCUT2D eigenvalue weighted by Crippen LogP contribution is -2.21. The van der Waals surface area contributed by atoms with Crippen molar-refractivity contribution in [3.63, 3.8) is 0 Å². The van der Waals surface area contributed by atoms with E-state index in [0.29, 0.717) is 5.56 Å². The van der Waals surface area contributed by atoms with Gasteiger partial charge < -0.3 is 15.1 Å². The van der Waals surface area contributed by atoms with Gasteiger partial charge in [0, 0.05) is 36.6 Å². The summed E-state index contributed by atoms with van der Waals surface area (Å²) in [6, 6.07) is 9.26. The number of aliphatic imine (C=N–C) groups is 1. The fourth-order valence-corrected chi connectivity index (χ4v) is 2.34. The average molecular weight is 329 g/mol. The molecule has 0 unspecified atom stereocenters. The quantitative estimate of drug-likeness (QED) is 0.479. The summed E-state index contributed by atoms with van der Waals surface area (Å²) in [5.41, 5.74) is 1.05. The summed E-state index contributed by atoms with van der Waals surface area (Å²) in [5.74, 6) is -0.460. The van der Waals surface area contributed by atoms with E-state index in [1.165, 1.54) is 24.4 Å². The van der Waals surface area contributed by atoms with Crippen LogP contribution in [0.3, 0.4) is 0 Å². The SMILES string of the molecule is CCN(CC)c1ccc(O)c(C=Nc2cccc([N+](=O)[O-])c2O)c1. The fraction of sp³-hybridized carbons (Fsp3) is 0.235. The van der Waals surface area contributed by atoms with Crippen molar-refractivity contribution >= 4 is 23.3 Å². The molecule has 2 rings (SSSR count). The predicted octanol–water partition coefficient (Wildman–Crippen LogP) is 3.60. The van der Waals surface area contributed by atoms with Crippen LogP contribution in [0.2, 0.25) is 0 Å². The Morgan fingerprint density at radius 1 is 1.21 bits per heavy atom. The molecular formula is C17H19N3O4. The van der Waals surface area contributed by atoms with Crippen LogP contribution in [0.15, 0.2) is 41.4 Å². The van der Waals surface area contributed by atoms with Crippen LogP contribution in [-0.2, 0) is 0 Å². The summed E-state index contributed by atoms with van der Waals surface area (Å²) >= 11 is 0. The molecule has 0 aromatic heterocycles. The van der Waals surface area contributed by atoms with Gasteiger partial charge in [0.05, 0.1) is 4.92 Å². The minimum atomic E-state index is -0.674. The van der Waals surface area contributed by atoms with Crippen LogP contribution in [-0.4, -0.2) is 34.4 Å². The van der Waals surface area contributed by atoms with Gasteiger partial charge in [-0.3, -0.25) is 15.1 Å². The summed E-state index contributed by atoms with van der Waals surface area (Å²) in [5, 5.41) is 30.7. The van der Waals surface area contributed by atoms with Crippen molar-refractivity contribution in [1.82, 2.24) is 0 Å². The van der Waals surface area contributed by atoms with Gasteiger partial charge in [-0.15, -0.1) is 0 Å². The highest BCUT2D eigenvalue weighted by Crippen LogP contribution is 2.35. The highest BCUT2D eigenvalue weighted by Gasteiger charge is 2.15. The van der Waals surface area contributed by atoms with Crippen molar-refractivity contribution in [2.24, 2.45) is 4.99 Å². The van der Waals surface area contributed by atoms with Crippen LogP contribution in [0.4, 0.5) is 17.1 Å². The number of para-hydroxylation sites is 1. The number of nitro benzene ring substituents is 1. The first-order chi connectivity index (χ1) is 11.5. The number of nitrogens with zero attached hydrogens (tertiary/aromatic N) is 3. The molecule has 0 saturated carbocycles. The van der Waals surface area contributed by atoms with Crippen LogP contribution in [0, 0.1) is 10.1 Å². The summed E-state index contributed by atoms with van der Waals surface area (Å²) in [6.07, 6.45) is 1.38. The Morgan fingerprint density at radius 2 is 1.92 bits per heavy atom. The Labute approximate surface area is 139 Å². The third kappa shape index (κ3) is 3.62. The number of aromatic hydroxyl groups is 2. The van der Waals surface area contributed by atoms with Crippen LogP contribution in [0.25, 0.3) is 0 Å². The summed E-state index contributed by atoms with van der Waals surface area (Å²) in [4.78, 5) is 16.3. The molecule has 0 atom stereocenters. The molecule has 126 valence electrons. The van der Waals surface area contributed by atoms with E-state index in [-0.39, 0.29) is 11.4 Å². The first-order valence-corrected chi connectivity index (χ1v) is 7.56. The number of rotatable bonds is 6. The summed E-state index contributed by atoms with van der Waals surface area (Å²) < 4.78 is 0. The van der Waals surface area contributed by atoms with E-state index in [4.69, 9.17) is 0 Å². The molecule has 24 heavy (non-hydrogen) atoms. The minimum Gasteiger partial charge on any atom is -0.507 e. The maximum Gasteiger partial charge on any atom is 0.313 e. The van der Waals surface area contributed by atoms with Crippen molar-refractivity contribution in [3.05, 3.63) is 52.1 Å². The number of phenolic OH excluding ortho intramolecular Hbond substituents is 2. The lowest BCUT2D eigenvalue weighted by molar-refractivity contribution is -0.385. The van der Waals surface area contributed by atoms with Gasteiger partial charge in [0.1, 0.15) is 11.4 Å². The van der Waals surface area contributed by atoms with Gasteiger partial charge in [0.25, 0.3) is 0 Å². The number of nitro groups is 1. The van der Waals surface area contributed by atoms with Gasteiger partial charge >= 0.3 is 5.69 Å². The standard InChI is InChI=1S/C17H19N3O4/c1-3-19(4-2)13-8-9-16(21)12(10-13)11-18-14-6-5-7-15(17(14)22)20(23)24/h5-11,21-22H,3-4H2,1-2H3. The second kappa shape index (κ2) is 7.45. The maximum atomic E-state index is 10.8. The summed E-state index contributed by atoms with van der Waals surface area (Å²) in [6.45, 7) is 5.71. The van der Waals surface area contributed by atoms with E-state index >= 15 is 0 Å². The monoisotopic (exact) mass is 329 g/mol. The van der Waals surface area contributed by atoms with Gasteiger partial charge in [-0.1, -0.05) is 6.07 Å². The van der Waals surface area contributed by atoms with Gasteiger partial charge in [-0.05, 0) is 38.1 Å². The van der Waals surface area contributed by atoms with Crippen LogP contribution < -0.4 is 4.90 Å².